The van der Waals surface area contributed by atoms with Crippen molar-refractivity contribution in [1.82, 2.24) is 20.0 Å². The van der Waals surface area contributed by atoms with E-state index >= 15 is 0 Å². The molecule has 0 aromatic rings. The number of carbonyl (C=O) groups excluding carboxylic acids is 2. The van der Waals surface area contributed by atoms with Gasteiger partial charge in [-0.15, -0.1) is 0 Å². The van der Waals surface area contributed by atoms with Crippen LogP contribution in [0, 0.1) is 23.7 Å². The fourth-order valence-electron chi connectivity index (χ4n) is 6.87. The molecule has 1 saturated heterocycles. The van der Waals surface area contributed by atoms with E-state index in [2.05, 4.69) is 33.0 Å². The molecular formula is C33H66N4O5. The molecule has 9 nitrogen and oxygen atoms in total. The van der Waals surface area contributed by atoms with Gasteiger partial charge < -0.3 is 24.8 Å². The summed E-state index contributed by atoms with van der Waals surface area (Å²) in [5.41, 5.74) is 0. The Hall–Kier alpha value is -1.26. The number of likely N-dealkylation sites (tertiary alicyclic amines) is 1. The Kier molecular flexibility index (Phi) is 17.1. The Labute approximate surface area is 258 Å². The second-order valence-corrected chi connectivity index (χ2v) is 13.3. The molecule has 1 fully saturated rings. The molecule has 42 heavy (non-hydrogen) atoms. The van der Waals surface area contributed by atoms with Crippen molar-refractivity contribution in [3.8, 4) is 0 Å². The molecule has 0 radical (unpaired) electrons. The van der Waals surface area contributed by atoms with Crippen molar-refractivity contribution >= 4 is 11.8 Å². The van der Waals surface area contributed by atoms with Gasteiger partial charge in [-0.3, -0.25) is 19.4 Å². The molecule has 9 heteroatoms. The Bertz CT molecular complexity index is 792. The zero-order valence-corrected chi connectivity index (χ0v) is 29.2. The van der Waals surface area contributed by atoms with E-state index in [4.69, 9.17) is 9.47 Å². The number of likely N-dealkylation sites (N-methyl/N-ethyl adjacent to an activating group) is 2. The van der Waals surface area contributed by atoms with Crippen LogP contribution in [0.4, 0.5) is 0 Å². The van der Waals surface area contributed by atoms with Crippen LogP contribution in [0.5, 0.6) is 0 Å². The highest BCUT2D eigenvalue weighted by atomic mass is 16.5. The molecule has 2 unspecified atom stereocenters. The van der Waals surface area contributed by atoms with Crippen LogP contribution in [0.2, 0.25) is 0 Å². The number of carbonyl (C=O) groups is 2. The van der Waals surface area contributed by atoms with Gasteiger partial charge in [0.2, 0.25) is 11.8 Å². The third kappa shape index (κ3) is 9.88. The Morgan fingerprint density at radius 3 is 2.05 bits per heavy atom. The molecule has 1 aliphatic heterocycles. The lowest BCUT2D eigenvalue weighted by Gasteiger charge is -2.45. The quantitative estimate of drug-likeness (QED) is 0.215. The number of nitrogens with zero attached hydrogens (tertiary/aromatic N) is 3. The van der Waals surface area contributed by atoms with Crippen molar-refractivity contribution in [1.29, 1.82) is 0 Å². The van der Waals surface area contributed by atoms with Gasteiger partial charge in [0.1, 0.15) is 6.23 Å². The predicted octanol–water partition coefficient (Wildman–Crippen LogP) is 4.23. The lowest BCUT2D eigenvalue weighted by Crippen LogP contribution is -2.62. The normalized spacial score (nSPS) is 21.9. The van der Waals surface area contributed by atoms with Crippen molar-refractivity contribution < 1.29 is 24.2 Å². The summed E-state index contributed by atoms with van der Waals surface area (Å²) in [6.07, 6.45) is 2.60. The minimum atomic E-state index is -0.963. The molecule has 0 spiro atoms. The third-order valence-corrected chi connectivity index (χ3v) is 10.0. The number of hydrogen-bond acceptors (Lipinski definition) is 7. The molecule has 0 aliphatic carbocycles. The molecule has 1 rings (SSSR count). The molecule has 0 aromatic heterocycles. The van der Waals surface area contributed by atoms with Crippen molar-refractivity contribution in [3.05, 3.63) is 0 Å². The minimum absolute atomic E-state index is 0.0151. The fourth-order valence-corrected chi connectivity index (χ4v) is 6.87. The first-order chi connectivity index (χ1) is 19.7. The van der Waals surface area contributed by atoms with Crippen molar-refractivity contribution in [2.24, 2.45) is 23.7 Å². The second-order valence-electron chi connectivity index (χ2n) is 13.3. The zero-order valence-electron chi connectivity index (χ0n) is 29.2. The number of amides is 2. The van der Waals surface area contributed by atoms with E-state index in [0.717, 1.165) is 38.8 Å². The van der Waals surface area contributed by atoms with Crippen molar-refractivity contribution in [2.75, 3.05) is 41.4 Å². The molecule has 1 aliphatic rings. The van der Waals surface area contributed by atoms with E-state index in [9.17, 15) is 14.7 Å². The van der Waals surface area contributed by atoms with Crippen LogP contribution in [-0.2, 0) is 19.1 Å². The number of methoxy groups -OCH3 is 2. The summed E-state index contributed by atoms with van der Waals surface area (Å²) < 4.78 is 11.8. The largest absolute Gasteiger partial charge is 0.379 e. The maximum absolute atomic E-state index is 13.8. The van der Waals surface area contributed by atoms with Crippen LogP contribution in [-0.4, -0.2) is 116 Å². The molecule has 0 bridgehead atoms. The van der Waals surface area contributed by atoms with Gasteiger partial charge in [0.05, 0.1) is 36.8 Å². The number of aliphatic hydroxyl groups is 1. The maximum Gasteiger partial charge on any atom is 0.237 e. The average molecular weight is 599 g/mol. The molecule has 2 N–H and O–H groups in total. The van der Waals surface area contributed by atoms with Gasteiger partial charge in [-0.2, -0.15) is 0 Å². The summed E-state index contributed by atoms with van der Waals surface area (Å²) >= 11 is 0. The topological polar surface area (TPSA) is 94.6 Å². The minimum Gasteiger partial charge on any atom is -0.379 e. The summed E-state index contributed by atoms with van der Waals surface area (Å²) in [6, 6.07) is -0.953. The molecule has 0 saturated carbocycles. The molecule has 9 atom stereocenters. The highest BCUT2D eigenvalue weighted by molar-refractivity contribution is 5.82. The van der Waals surface area contributed by atoms with E-state index in [1.165, 1.54) is 0 Å². The zero-order chi connectivity index (χ0) is 32.3. The lowest BCUT2D eigenvalue weighted by molar-refractivity contribution is -0.143. The summed E-state index contributed by atoms with van der Waals surface area (Å²) in [5.74, 6) is 0.570. The van der Waals surface area contributed by atoms with Gasteiger partial charge in [0.15, 0.2) is 0 Å². The van der Waals surface area contributed by atoms with E-state index in [1.54, 1.807) is 14.2 Å². The SMILES string of the molecule is CC[C@H](C)C(C)[C@@H]([C@@H](CC(=O)N1CCC[C@H]1[C@@H](CC)OC)OC)N(C)C(O)[C@@H](NC(=O)[C@H](C(C)C)N(C)CC)C(C)C. The monoisotopic (exact) mass is 599 g/mol. The predicted molar refractivity (Wildman–Crippen MR) is 171 cm³/mol. The number of ether oxygens (including phenoxy) is 2. The molecule has 0 aromatic carbocycles. The number of nitrogens with one attached hydrogen (secondary N) is 1. The van der Waals surface area contributed by atoms with Gasteiger partial charge in [-0.1, -0.05) is 68.7 Å². The maximum atomic E-state index is 13.8. The summed E-state index contributed by atoms with van der Waals surface area (Å²) in [6.45, 7) is 20.3. The highest BCUT2D eigenvalue weighted by Crippen LogP contribution is 2.31. The van der Waals surface area contributed by atoms with Gasteiger partial charge in [0.25, 0.3) is 0 Å². The van der Waals surface area contributed by atoms with Crippen LogP contribution >= 0.6 is 0 Å². The first kappa shape index (κ1) is 38.8. The first-order valence-corrected chi connectivity index (χ1v) is 16.5. The number of hydrogen-bond donors (Lipinski definition) is 2. The van der Waals surface area contributed by atoms with E-state index in [-0.39, 0.29) is 60.2 Å². The fraction of sp³-hybridized carbons (Fsp3) is 0.939. The Balaban J connectivity index is 3.33. The molecule has 248 valence electrons. The van der Waals surface area contributed by atoms with Crippen LogP contribution in [0.1, 0.15) is 94.4 Å². The van der Waals surface area contributed by atoms with Gasteiger partial charge in [-0.25, -0.2) is 0 Å². The van der Waals surface area contributed by atoms with Gasteiger partial charge >= 0.3 is 0 Å². The Morgan fingerprint density at radius 2 is 1.60 bits per heavy atom. The van der Waals surface area contributed by atoms with Crippen LogP contribution < -0.4 is 5.32 Å². The highest BCUT2D eigenvalue weighted by Gasteiger charge is 2.42. The number of aliphatic hydroxyl groups excluding tert-OH is 1. The standard InChI is InChI=1S/C33H66N4O5/c1-14-23(8)24(9)31(27(42-13)20-28(38)37-19-17-18-25(37)26(15-2)41-12)36(11)33(40)29(21(4)5)34-32(39)30(22(6)7)35(10)16-3/h21-27,29-31,33,40H,14-20H2,1-13H3,(H,34,39)/t23-,24?,25-,26+,27+,29-,30-,31-,33?/m0/s1. The first-order valence-electron chi connectivity index (χ1n) is 16.5. The van der Waals surface area contributed by atoms with E-state index in [1.807, 2.05) is 63.4 Å². The molecule has 1 heterocycles. The van der Waals surface area contributed by atoms with Gasteiger partial charge in [-0.05, 0) is 63.6 Å². The smallest absolute Gasteiger partial charge is 0.237 e. The summed E-state index contributed by atoms with van der Waals surface area (Å²) in [7, 11) is 7.25. The van der Waals surface area contributed by atoms with Crippen molar-refractivity contribution in [3.63, 3.8) is 0 Å². The number of rotatable bonds is 19. The van der Waals surface area contributed by atoms with Crippen LogP contribution in [0.15, 0.2) is 0 Å². The van der Waals surface area contributed by atoms with Crippen LogP contribution in [0.3, 0.4) is 0 Å². The van der Waals surface area contributed by atoms with E-state index in [0.29, 0.717) is 5.92 Å². The van der Waals surface area contributed by atoms with Crippen molar-refractivity contribution in [2.45, 2.75) is 137 Å². The van der Waals surface area contributed by atoms with Gasteiger partial charge in [0, 0.05) is 26.8 Å². The average Bonchev–Trinajstić information content (AvgIpc) is 3.44. The molecule has 2 amide bonds. The second kappa shape index (κ2) is 18.5. The third-order valence-electron chi connectivity index (χ3n) is 10.0. The Morgan fingerprint density at radius 1 is 0.976 bits per heavy atom. The van der Waals surface area contributed by atoms with Crippen LogP contribution in [0.25, 0.3) is 0 Å². The summed E-state index contributed by atoms with van der Waals surface area (Å²) in [5, 5.41) is 15.1. The molecular weight excluding hydrogens is 532 g/mol. The van der Waals surface area contributed by atoms with E-state index < -0.39 is 18.4 Å². The lowest BCUT2D eigenvalue weighted by atomic mass is 9.82. The summed E-state index contributed by atoms with van der Waals surface area (Å²) in [4.78, 5) is 33.3.